The van der Waals surface area contributed by atoms with Crippen molar-refractivity contribution in [2.75, 3.05) is 6.61 Å². The Kier molecular flexibility index (Phi) is 7.74. The Bertz CT molecular complexity index is 874. The Hall–Kier alpha value is -3.16. The molecule has 2 aromatic rings. The number of hydrogen-bond donors (Lipinski definition) is 3. The van der Waals surface area contributed by atoms with E-state index in [1.54, 1.807) is 12.1 Å². The second-order valence-corrected chi connectivity index (χ2v) is 6.23. The molecule has 2 rings (SSSR count). The van der Waals surface area contributed by atoms with Crippen molar-refractivity contribution in [3.05, 3.63) is 57.0 Å². The van der Waals surface area contributed by atoms with E-state index >= 15 is 0 Å². The number of aromatic amines is 1. The van der Waals surface area contributed by atoms with Crippen LogP contribution >= 0.6 is 0 Å². The number of carboxylic acids is 1. The molecular weight excluding hydrogens is 362 g/mol. The summed E-state index contributed by atoms with van der Waals surface area (Å²) in [4.78, 5) is 35.1. The van der Waals surface area contributed by atoms with Crippen molar-refractivity contribution < 1.29 is 19.4 Å². The molecule has 28 heavy (non-hydrogen) atoms. The first kappa shape index (κ1) is 21.1. The van der Waals surface area contributed by atoms with Crippen molar-refractivity contribution in [1.29, 1.82) is 0 Å². The SMILES string of the molecule is CCc1n[nH]c(=O)c(C(=O)NCc2ccc(OCCCC(=O)O)cc2)c1CC. The second-order valence-electron chi connectivity index (χ2n) is 6.23. The zero-order valence-electron chi connectivity index (χ0n) is 16.1. The van der Waals surface area contributed by atoms with Crippen LogP contribution in [0.25, 0.3) is 0 Å². The third kappa shape index (κ3) is 5.67. The van der Waals surface area contributed by atoms with Crippen LogP contribution in [0.2, 0.25) is 0 Å². The molecular formula is C20H25N3O5. The lowest BCUT2D eigenvalue weighted by Gasteiger charge is -2.11. The van der Waals surface area contributed by atoms with Crippen LogP contribution in [0.3, 0.4) is 0 Å². The van der Waals surface area contributed by atoms with Gasteiger partial charge in [-0.2, -0.15) is 5.10 Å². The number of hydrogen-bond acceptors (Lipinski definition) is 5. The summed E-state index contributed by atoms with van der Waals surface area (Å²) < 4.78 is 5.47. The van der Waals surface area contributed by atoms with Gasteiger partial charge in [0.05, 0.1) is 12.3 Å². The first-order valence-corrected chi connectivity index (χ1v) is 9.28. The van der Waals surface area contributed by atoms with Crippen molar-refractivity contribution in [2.24, 2.45) is 0 Å². The molecule has 150 valence electrons. The van der Waals surface area contributed by atoms with Crippen LogP contribution in [-0.2, 0) is 24.2 Å². The topological polar surface area (TPSA) is 121 Å². The number of nitrogens with one attached hydrogen (secondary N) is 2. The van der Waals surface area contributed by atoms with Crippen molar-refractivity contribution in [3.8, 4) is 5.75 Å². The molecule has 0 fully saturated rings. The van der Waals surface area contributed by atoms with Crippen molar-refractivity contribution >= 4 is 11.9 Å². The number of aryl methyl sites for hydroxylation is 1. The number of rotatable bonds is 10. The summed E-state index contributed by atoms with van der Waals surface area (Å²) in [5, 5.41) is 17.8. The number of H-pyrrole nitrogens is 1. The third-order valence-corrected chi connectivity index (χ3v) is 4.27. The highest BCUT2D eigenvalue weighted by molar-refractivity contribution is 5.95. The van der Waals surface area contributed by atoms with Crippen LogP contribution in [0.1, 0.15) is 53.9 Å². The molecule has 1 aromatic heterocycles. The monoisotopic (exact) mass is 387 g/mol. The van der Waals surface area contributed by atoms with Gasteiger partial charge in [-0.3, -0.25) is 14.4 Å². The number of amides is 1. The van der Waals surface area contributed by atoms with Gasteiger partial charge < -0.3 is 15.2 Å². The minimum Gasteiger partial charge on any atom is -0.494 e. The van der Waals surface area contributed by atoms with Crippen LogP contribution in [0.4, 0.5) is 0 Å². The summed E-state index contributed by atoms with van der Waals surface area (Å²) >= 11 is 0. The van der Waals surface area contributed by atoms with E-state index in [2.05, 4.69) is 15.5 Å². The number of carbonyl (C=O) groups excluding carboxylic acids is 1. The smallest absolute Gasteiger partial charge is 0.303 e. The molecule has 1 amide bonds. The van der Waals surface area contributed by atoms with E-state index in [0.717, 1.165) is 11.3 Å². The maximum atomic E-state index is 12.6. The number of carboxylic acid groups (broad SMARTS) is 1. The van der Waals surface area contributed by atoms with Gasteiger partial charge in [0.25, 0.3) is 11.5 Å². The highest BCUT2D eigenvalue weighted by atomic mass is 16.5. The fraction of sp³-hybridized carbons (Fsp3) is 0.400. The van der Waals surface area contributed by atoms with Crippen LogP contribution in [0, 0.1) is 0 Å². The van der Waals surface area contributed by atoms with Gasteiger partial charge in [0.1, 0.15) is 11.3 Å². The molecule has 1 heterocycles. The molecule has 0 aliphatic heterocycles. The van der Waals surface area contributed by atoms with Gasteiger partial charge >= 0.3 is 5.97 Å². The average molecular weight is 387 g/mol. The predicted octanol–water partition coefficient (Wildman–Crippen LogP) is 2.07. The number of carbonyl (C=O) groups is 2. The van der Waals surface area contributed by atoms with E-state index in [4.69, 9.17) is 9.84 Å². The predicted molar refractivity (Wildman–Crippen MR) is 104 cm³/mol. The zero-order valence-corrected chi connectivity index (χ0v) is 16.1. The zero-order chi connectivity index (χ0) is 20.5. The number of benzene rings is 1. The average Bonchev–Trinajstić information content (AvgIpc) is 2.69. The molecule has 0 spiro atoms. The van der Waals surface area contributed by atoms with Gasteiger partial charge in [-0.05, 0) is 42.5 Å². The molecule has 0 unspecified atom stereocenters. The highest BCUT2D eigenvalue weighted by Crippen LogP contribution is 2.14. The van der Waals surface area contributed by atoms with Crippen molar-refractivity contribution in [1.82, 2.24) is 15.5 Å². The summed E-state index contributed by atoms with van der Waals surface area (Å²) in [5.41, 5.74) is 1.88. The molecule has 0 saturated heterocycles. The lowest BCUT2D eigenvalue weighted by atomic mass is 10.0. The third-order valence-electron chi connectivity index (χ3n) is 4.27. The molecule has 0 atom stereocenters. The van der Waals surface area contributed by atoms with Crippen LogP contribution < -0.4 is 15.6 Å². The summed E-state index contributed by atoms with van der Waals surface area (Å²) in [6, 6.07) is 7.13. The van der Waals surface area contributed by atoms with Crippen molar-refractivity contribution in [3.63, 3.8) is 0 Å². The van der Waals surface area contributed by atoms with Gasteiger partial charge in [0.15, 0.2) is 0 Å². The standard InChI is InChI=1S/C20H25N3O5/c1-3-15-16(4-2)22-23-20(27)18(15)19(26)21-12-13-7-9-14(10-8-13)28-11-5-6-17(24)25/h7-10H,3-6,11-12H2,1-2H3,(H,21,26)(H,23,27)(H,24,25). The number of nitrogens with zero attached hydrogens (tertiary/aromatic N) is 1. The van der Waals surface area contributed by atoms with Gasteiger partial charge in [0.2, 0.25) is 0 Å². The number of aliphatic carboxylic acids is 1. The summed E-state index contributed by atoms with van der Waals surface area (Å²) in [7, 11) is 0. The summed E-state index contributed by atoms with van der Waals surface area (Å²) in [6.07, 6.45) is 1.69. The highest BCUT2D eigenvalue weighted by Gasteiger charge is 2.18. The number of aromatic nitrogens is 2. The second kappa shape index (κ2) is 10.2. The molecule has 8 nitrogen and oxygen atoms in total. The fourth-order valence-electron chi connectivity index (χ4n) is 2.82. The number of ether oxygens (including phenoxy) is 1. The quantitative estimate of drug-likeness (QED) is 0.537. The molecule has 0 aliphatic rings. The molecule has 0 radical (unpaired) electrons. The van der Waals surface area contributed by atoms with Crippen molar-refractivity contribution in [2.45, 2.75) is 46.1 Å². The summed E-state index contributed by atoms with van der Waals surface area (Å²) in [6.45, 7) is 4.41. The molecule has 1 aromatic carbocycles. The summed E-state index contributed by atoms with van der Waals surface area (Å²) in [5.74, 6) is -0.642. The molecule has 0 saturated carbocycles. The fourth-order valence-corrected chi connectivity index (χ4v) is 2.82. The van der Waals surface area contributed by atoms with Crippen LogP contribution in [0.15, 0.2) is 29.1 Å². The van der Waals surface area contributed by atoms with E-state index < -0.39 is 17.4 Å². The Labute approximate surface area is 162 Å². The minimum absolute atomic E-state index is 0.0672. The van der Waals surface area contributed by atoms with Gasteiger partial charge in [0, 0.05) is 13.0 Å². The van der Waals surface area contributed by atoms with E-state index in [1.165, 1.54) is 0 Å². The lowest BCUT2D eigenvalue weighted by Crippen LogP contribution is -2.32. The maximum Gasteiger partial charge on any atom is 0.303 e. The van der Waals surface area contributed by atoms with Crippen LogP contribution in [-0.4, -0.2) is 33.8 Å². The first-order valence-electron chi connectivity index (χ1n) is 9.28. The minimum atomic E-state index is -0.847. The normalized spacial score (nSPS) is 10.5. The molecule has 8 heteroatoms. The van der Waals surface area contributed by atoms with Gasteiger partial charge in [-0.15, -0.1) is 0 Å². The lowest BCUT2D eigenvalue weighted by molar-refractivity contribution is -0.137. The largest absolute Gasteiger partial charge is 0.494 e. The Morgan fingerprint density at radius 2 is 1.89 bits per heavy atom. The Morgan fingerprint density at radius 3 is 2.50 bits per heavy atom. The Morgan fingerprint density at radius 1 is 1.18 bits per heavy atom. The van der Waals surface area contributed by atoms with E-state index in [1.807, 2.05) is 26.0 Å². The van der Waals surface area contributed by atoms with Gasteiger partial charge in [-0.25, -0.2) is 5.10 Å². The first-order chi connectivity index (χ1) is 13.5. The van der Waals surface area contributed by atoms with E-state index in [-0.39, 0.29) is 18.5 Å². The molecule has 3 N–H and O–H groups in total. The molecule has 0 aliphatic carbocycles. The van der Waals surface area contributed by atoms with E-state index in [9.17, 15) is 14.4 Å². The van der Waals surface area contributed by atoms with Gasteiger partial charge in [-0.1, -0.05) is 26.0 Å². The van der Waals surface area contributed by atoms with E-state index in [0.29, 0.717) is 37.2 Å². The maximum absolute atomic E-state index is 12.6. The van der Waals surface area contributed by atoms with Crippen LogP contribution in [0.5, 0.6) is 5.75 Å². The molecule has 0 bridgehead atoms. The Balaban J connectivity index is 1.96.